The van der Waals surface area contributed by atoms with Gasteiger partial charge in [0.05, 0.1) is 5.69 Å². The summed E-state index contributed by atoms with van der Waals surface area (Å²) in [4.78, 5) is 16.5. The molecule has 0 aliphatic carbocycles. The zero-order valence-corrected chi connectivity index (χ0v) is 15.0. The van der Waals surface area contributed by atoms with Crippen molar-refractivity contribution in [2.24, 2.45) is 5.41 Å². The van der Waals surface area contributed by atoms with E-state index in [1.54, 1.807) is 0 Å². The van der Waals surface area contributed by atoms with Crippen molar-refractivity contribution in [3.05, 3.63) is 35.2 Å². The van der Waals surface area contributed by atoms with Crippen LogP contribution in [0, 0.1) is 5.41 Å². The van der Waals surface area contributed by atoms with Crippen LogP contribution in [0.3, 0.4) is 0 Å². The highest BCUT2D eigenvalue weighted by Crippen LogP contribution is 2.29. The Balaban J connectivity index is 2.16. The van der Waals surface area contributed by atoms with E-state index in [-0.39, 0.29) is 11.3 Å². The minimum atomic E-state index is -0.416. The van der Waals surface area contributed by atoms with Crippen molar-refractivity contribution >= 4 is 22.4 Å². The van der Waals surface area contributed by atoms with Crippen LogP contribution < -0.4 is 5.32 Å². The number of thiazole rings is 1. The summed E-state index contributed by atoms with van der Waals surface area (Å²) in [6.07, 6.45) is 0. The number of nitrogens with one attached hydrogen (secondary N) is 1. The lowest BCUT2D eigenvalue weighted by atomic mass is 9.86. The maximum atomic E-state index is 12.0. The normalized spacial score (nSPS) is 12.3. The quantitative estimate of drug-likeness (QED) is 0.838. The third kappa shape index (κ3) is 3.95. The lowest BCUT2D eigenvalue weighted by Gasteiger charge is -2.18. The number of nitrogens with zero attached hydrogens (tertiary/aromatic N) is 1. The van der Waals surface area contributed by atoms with Gasteiger partial charge in [-0.2, -0.15) is 0 Å². The van der Waals surface area contributed by atoms with E-state index >= 15 is 0 Å². The summed E-state index contributed by atoms with van der Waals surface area (Å²) >= 11 is 1.46. The number of benzene rings is 1. The van der Waals surface area contributed by atoms with Gasteiger partial charge in [0.2, 0.25) is 5.91 Å². The highest BCUT2D eigenvalue weighted by Gasteiger charge is 2.22. The van der Waals surface area contributed by atoms with Gasteiger partial charge in [-0.1, -0.05) is 65.8 Å². The maximum absolute atomic E-state index is 12.0. The van der Waals surface area contributed by atoms with E-state index in [9.17, 15) is 4.79 Å². The average Bonchev–Trinajstić information content (AvgIpc) is 2.85. The molecule has 0 saturated heterocycles. The average molecular weight is 316 g/mol. The Hall–Kier alpha value is -1.68. The van der Waals surface area contributed by atoms with Crippen molar-refractivity contribution in [1.82, 2.24) is 4.98 Å². The standard InChI is InChI=1S/C18H24N2OS/c1-17(2,3)13-9-7-12(8-10-13)14-11-22-16(19-14)20-15(21)18(4,5)6/h7-11H,1-6H3,(H,19,20,21). The molecule has 0 aliphatic heterocycles. The Labute approximate surface area is 136 Å². The molecular formula is C18H24N2OS. The van der Waals surface area contributed by atoms with E-state index in [2.05, 4.69) is 55.3 Å². The van der Waals surface area contributed by atoms with E-state index in [4.69, 9.17) is 0 Å². The summed E-state index contributed by atoms with van der Waals surface area (Å²) in [5, 5.41) is 5.50. The van der Waals surface area contributed by atoms with Crippen LogP contribution in [0.4, 0.5) is 5.13 Å². The van der Waals surface area contributed by atoms with Gasteiger partial charge in [-0.05, 0) is 11.0 Å². The van der Waals surface area contributed by atoms with Crippen LogP contribution in [0.1, 0.15) is 47.1 Å². The topological polar surface area (TPSA) is 42.0 Å². The van der Waals surface area contributed by atoms with E-state index in [1.807, 2.05) is 26.2 Å². The minimum Gasteiger partial charge on any atom is -0.302 e. The Morgan fingerprint density at radius 2 is 1.64 bits per heavy atom. The fraction of sp³-hybridized carbons (Fsp3) is 0.444. The number of aromatic nitrogens is 1. The van der Waals surface area contributed by atoms with Gasteiger partial charge >= 0.3 is 0 Å². The van der Waals surface area contributed by atoms with Crippen LogP contribution in [-0.4, -0.2) is 10.9 Å². The van der Waals surface area contributed by atoms with Crippen LogP contribution in [0.15, 0.2) is 29.6 Å². The van der Waals surface area contributed by atoms with Crippen molar-refractivity contribution < 1.29 is 4.79 Å². The molecule has 118 valence electrons. The van der Waals surface area contributed by atoms with Crippen molar-refractivity contribution in [2.45, 2.75) is 47.0 Å². The summed E-state index contributed by atoms with van der Waals surface area (Å²) in [6, 6.07) is 8.46. The number of hydrogen-bond donors (Lipinski definition) is 1. The first-order valence-electron chi connectivity index (χ1n) is 7.45. The summed E-state index contributed by atoms with van der Waals surface area (Å²) in [7, 11) is 0. The van der Waals surface area contributed by atoms with Crippen molar-refractivity contribution in [3.8, 4) is 11.3 Å². The third-order valence-electron chi connectivity index (χ3n) is 3.45. The molecule has 0 atom stereocenters. The molecule has 0 spiro atoms. The first kappa shape index (κ1) is 16.7. The SMILES string of the molecule is CC(C)(C)C(=O)Nc1nc(-c2ccc(C(C)(C)C)cc2)cs1. The molecule has 0 unspecified atom stereocenters. The molecule has 0 aliphatic rings. The minimum absolute atomic E-state index is 0.0171. The molecule has 1 heterocycles. The zero-order chi connectivity index (χ0) is 16.5. The van der Waals surface area contributed by atoms with Gasteiger partial charge < -0.3 is 5.32 Å². The summed E-state index contributed by atoms with van der Waals surface area (Å²) in [5.41, 5.74) is 3.00. The molecule has 1 aromatic heterocycles. The summed E-state index contributed by atoms with van der Waals surface area (Å²) in [5.74, 6) is -0.0171. The van der Waals surface area contributed by atoms with Crippen LogP contribution >= 0.6 is 11.3 Å². The molecule has 2 aromatic rings. The van der Waals surface area contributed by atoms with Crippen LogP contribution in [0.2, 0.25) is 0 Å². The Morgan fingerprint density at radius 1 is 1.05 bits per heavy atom. The fourth-order valence-corrected chi connectivity index (χ4v) is 2.60. The van der Waals surface area contributed by atoms with Gasteiger partial charge in [0, 0.05) is 16.4 Å². The fourth-order valence-electron chi connectivity index (χ4n) is 1.89. The van der Waals surface area contributed by atoms with E-state index in [0.29, 0.717) is 5.13 Å². The van der Waals surface area contributed by atoms with Gasteiger partial charge in [-0.15, -0.1) is 11.3 Å². The van der Waals surface area contributed by atoms with E-state index < -0.39 is 5.41 Å². The summed E-state index contributed by atoms with van der Waals surface area (Å²) < 4.78 is 0. The number of rotatable bonds is 2. The predicted octanol–water partition coefficient (Wildman–Crippen LogP) is 5.09. The van der Waals surface area contributed by atoms with Gasteiger partial charge in [0.1, 0.15) is 0 Å². The monoisotopic (exact) mass is 316 g/mol. The van der Waals surface area contributed by atoms with Crippen molar-refractivity contribution in [1.29, 1.82) is 0 Å². The van der Waals surface area contributed by atoms with Gasteiger partial charge in [-0.25, -0.2) is 4.98 Å². The highest BCUT2D eigenvalue weighted by atomic mass is 32.1. The first-order chi connectivity index (χ1) is 10.1. The second-order valence-corrected chi connectivity index (χ2v) is 8.43. The molecule has 2 rings (SSSR count). The van der Waals surface area contributed by atoms with Crippen molar-refractivity contribution in [3.63, 3.8) is 0 Å². The van der Waals surface area contributed by atoms with Gasteiger partial charge in [-0.3, -0.25) is 4.79 Å². The lowest BCUT2D eigenvalue weighted by Crippen LogP contribution is -2.27. The zero-order valence-electron chi connectivity index (χ0n) is 14.2. The summed E-state index contributed by atoms with van der Waals surface area (Å²) in [6.45, 7) is 12.3. The number of carbonyl (C=O) groups is 1. The molecule has 22 heavy (non-hydrogen) atoms. The molecule has 4 heteroatoms. The van der Waals surface area contributed by atoms with E-state index in [1.165, 1.54) is 16.9 Å². The lowest BCUT2D eigenvalue weighted by molar-refractivity contribution is -0.123. The molecule has 1 N–H and O–H groups in total. The van der Waals surface area contributed by atoms with Crippen molar-refractivity contribution in [2.75, 3.05) is 5.32 Å². The third-order valence-corrected chi connectivity index (χ3v) is 4.21. The predicted molar refractivity (Wildman–Crippen MR) is 94.3 cm³/mol. The highest BCUT2D eigenvalue weighted by molar-refractivity contribution is 7.14. The number of carbonyl (C=O) groups excluding carboxylic acids is 1. The molecule has 0 bridgehead atoms. The van der Waals surface area contributed by atoms with E-state index in [0.717, 1.165) is 11.3 Å². The second kappa shape index (κ2) is 5.84. The maximum Gasteiger partial charge on any atom is 0.231 e. The Bertz CT molecular complexity index is 658. The number of amides is 1. The van der Waals surface area contributed by atoms with Crippen LogP contribution in [0.5, 0.6) is 0 Å². The first-order valence-corrected chi connectivity index (χ1v) is 8.33. The molecule has 0 fully saturated rings. The molecule has 0 radical (unpaired) electrons. The molecule has 1 amide bonds. The molecule has 3 nitrogen and oxygen atoms in total. The van der Waals surface area contributed by atoms with Gasteiger partial charge in [0.15, 0.2) is 5.13 Å². The molecular weight excluding hydrogens is 292 g/mol. The largest absolute Gasteiger partial charge is 0.302 e. The number of anilines is 1. The second-order valence-electron chi connectivity index (χ2n) is 7.57. The Morgan fingerprint density at radius 3 is 2.14 bits per heavy atom. The molecule has 0 saturated carbocycles. The number of hydrogen-bond acceptors (Lipinski definition) is 3. The molecule has 1 aromatic carbocycles. The Kier molecular flexibility index (Phi) is 4.43. The van der Waals surface area contributed by atoms with Crippen LogP contribution in [0.25, 0.3) is 11.3 Å². The smallest absolute Gasteiger partial charge is 0.231 e. The van der Waals surface area contributed by atoms with Crippen LogP contribution in [-0.2, 0) is 10.2 Å². The van der Waals surface area contributed by atoms with Gasteiger partial charge in [0.25, 0.3) is 0 Å².